The molecule has 0 fully saturated rings. The maximum absolute atomic E-state index is 12.2. The number of nitrogens with zero attached hydrogens (tertiary/aromatic N) is 3. The van der Waals surface area contributed by atoms with Gasteiger partial charge in [-0.3, -0.25) is 0 Å². The quantitative estimate of drug-likeness (QED) is 0.742. The van der Waals surface area contributed by atoms with E-state index in [0.717, 1.165) is 28.8 Å². The molecule has 0 aliphatic carbocycles. The molecule has 2 amide bonds. The summed E-state index contributed by atoms with van der Waals surface area (Å²) in [4.78, 5) is 12.2. The first-order valence-electron chi connectivity index (χ1n) is 8.23. The second kappa shape index (κ2) is 7.29. The number of anilines is 1. The van der Waals surface area contributed by atoms with Crippen molar-refractivity contribution in [3.05, 3.63) is 47.5 Å². The Morgan fingerprint density at radius 2 is 2.08 bits per heavy atom. The predicted molar refractivity (Wildman–Crippen MR) is 95.2 cm³/mol. The van der Waals surface area contributed by atoms with Gasteiger partial charge in [0.15, 0.2) is 0 Å². The zero-order chi connectivity index (χ0) is 17.8. The van der Waals surface area contributed by atoms with Crippen LogP contribution >= 0.6 is 0 Å². The van der Waals surface area contributed by atoms with Gasteiger partial charge in [-0.05, 0) is 31.0 Å². The SMILES string of the molecule is Cc1cc2c(NC(=O)NCc3cc(CC(C)C)on3)cccc2nn1. The number of fused-ring (bicyclic) bond motifs is 1. The van der Waals surface area contributed by atoms with Gasteiger partial charge in [-0.25, -0.2) is 4.79 Å². The van der Waals surface area contributed by atoms with Gasteiger partial charge in [-0.15, -0.1) is 0 Å². The van der Waals surface area contributed by atoms with Gasteiger partial charge in [-0.2, -0.15) is 10.2 Å². The first-order valence-corrected chi connectivity index (χ1v) is 8.23. The lowest BCUT2D eigenvalue weighted by Gasteiger charge is -2.09. The average Bonchev–Trinajstić information content (AvgIpc) is 3.00. The van der Waals surface area contributed by atoms with E-state index in [1.54, 1.807) is 0 Å². The molecule has 130 valence electrons. The lowest BCUT2D eigenvalue weighted by atomic mass is 10.1. The second-order valence-corrected chi connectivity index (χ2v) is 6.41. The maximum Gasteiger partial charge on any atom is 0.319 e. The third-order valence-electron chi connectivity index (χ3n) is 3.65. The molecular weight excluding hydrogens is 318 g/mol. The van der Waals surface area contributed by atoms with E-state index in [1.165, 1.54) is 0 Å². The summed E-state index contributed by atoms with van der Waals surface area (Å²) in [5, 5.41) is 18.6. The van der Waals surface area contributed by atoms with Gasteiger partial charge in [0.1, 0.15) is 11.5 Å². The molecule has 7 heteroatoms. The minimum absolute atomic E-state index is 0.303. The number of hydrogen-bond acceptors (Lipinski definition) is 5. The zero-order valence-electron chi connectivity index (χ0n) is 14.5. The van der Waals surface area contributed by atoms with Gasteiger partial charge in [0, 0.05) is 17.9 Å². The van der Waals surface area contributed by atoms with E-state index < -0.39 is 0 Å². The lowest BCUT2D eigenvalue weighted by molar-refractivity contribution is 0.251. The molecule has 0 unspecified atom stereocenters. The molecule has 1 aromatic carbocycles. The first kappa shape index (κ1) is 16.9. The van der Waals surface area contributed by atoms with Crippen molar-refractivity contribution in [1.29, 1.82) is 0 Å². The van der Waals surface area contributed by atoms with Crippen LogP contribution in [0.4, 0.5) is 10.5 Å². The summed E-state index contributed by atoms with van der Waals surface area (Å²) >= 11 is 0. The van der Waals surface area contributed by atoms with Crippen LogP contribution in [0.1, 0.15) is 31.0 Å². The number of aromatic nitrogens is 3. The van der Waals surface area contributed by atoms with E-state index in [-0.39, 0.29) is 6.03 Å². The topological polar surface area (TPSA) is 92.9 Å². The molecule has 0 aliphatic heterocycles. The van der Waals surface area contributed by atoms with Gasteiger partial charge >= 0.3 is 6.03 Å². The molecule has 0 radical (unpaired) electrons. The molecule has 0 saturated heterocycles. The molecule has 0 atom stereocenters. The van der Waals surface area contributed by atoms with Crippen LogP contribution in [0.3, 0.4) is 0 Å². The molecule has 25 heavy (non-hydrogen) atoms. The summed E-state index contributed by atoms with van der Waals surface area (Å²) in [6, 6.07) is 8.98. The number of nitrogens with one attached hydrogen (secondary N) is 2. The summed E-state index contributed by atoms with van der Waals surface area (Å²) < 4.78 is 5.26. The van der Waals surface area contributed by atoms with Crippen LogP contribution in [0.5, 0.6) is 0 Å². The Hall–Kier alpha value is -2.96. The monoisotopic (exact) mass is 339 g/mol. The van der Waals surface area contributed by atoms with Crippen molar-refractivity contribution in [2.75, 3.05) is 5.32 Å². The van der Waals surface area contributed by atoms with Crippen molar-refractivity contribution in [3.8, 4) is 0 Å². The van der Waals surface area contributed by atoms with E-state index in [4.69, 9.17) is 4.52 Å². The van der Waals surface area contributed by atoms with Gasteiger partial charge in [0.25, 0.3) is 0 Å². The normalized spacial score (nSPS) is 11.0. The van der Waals surface area contributed by atoms with Crippen molar-refractivity contribution in [1.82, 2.24) is 20.7 Å². The molecule has 0 aliphatic rings. The smallest absolute Gasteiger partial charge is 0.319 e. The number of urea groups is 1. The highest BCUT2D eigenvalue weighted by Gasteiger charge is 2.10. The number of benzene rings is 1. The Morgan fingerprint density at radius 1 is 1.24 bits per heavy atom. The van der Waals surface area contributed by atoms with Crippen LogP contribution in [0.25, 0.3) is 10.9 Å². The summed E-state index contributed by atoms with van der Waals surface area (Å²) in [5.74, 6) is 1.32. The zero-order valence-corrected chi connectivity index (χ0v) is 14.5. The Balaban J connectivity index is 1.63. The summed E-state index contributed by atoms with van der Waals surface area (Å²) in [6.45, 7) is 6.40. The van der Waals surface area contributed by atoms with Crippen molar-refractivity contribution in [2.45, 2.75) is 33.7 Å². The molecule has 2 heterocycles. The maximum atomic E-state index is 12.2. The van der Waals surface area contributed by atoms with Crippen LogP contribution in [0.15, 0.2) is 34.9 Å². The number of aryl methyl sites for hydroxylation is 1. The van der Waals surface area contributed by atoms with Crippen LogP contribution in [0.2, 0.25) is 0 Å². The van der Waals surface area contributed by atoms with Crippen LogP contribution in [-0.4, -0.2) is 21.4 Å². The molecule has 0 saturated carbocycles. The van der Waals surface area contributed by atoms with Crippen LogP contribution < -0.4 is 10.6 Å². The van der Waals surface area contributed by atoms with Gasteiger partial charge < -0.3 is 15.2 Å². The van der Waals surface area contributed by atoms with Crippen molar-refractivity contribution in [3.63, 3.8) is 0 Å². The third-order valence-corrected chi connectivity index (χ3v) is 3.65. The Kier molecular flexibility index (Phi) is 4.92. The summed E-state index contributed by atoms with van der Waals surface area (Å²) in [6.07, 6.45) is 0.829. The van der Waals surface area contributed by atoms with Gasteiger partial charge in [-0.1, -0.05) is 25.1 Å². The fourth-order valence-corrected chi connectivity index (χ4v) is 2.55. The molecule has 3 aromatic rings. The van der Waals surface area contributed by atoms with E-state index in [9.17, 15) is 4.79 Å². The van der Waals surface area contributed by atoms with Crippen molar-refractivity contribution >= 4 is 22.6 Å². The molecule has 0 spiro atoms. The van der Waals surface area contributed by atoms with E-state index in [2.05, 4.69) is 39.8 Å². The average molecular weight is 339 g/mol. The third kappa shape index (κ3) is 4.32. The van der Waals surface area contributed by atoms with E-state index >= 15 is 0 Å². The van der Waals surface area contributed by atoms with E-state index in [0.29, 0.717) is 23.8 Å². The Morgan fingerprint density at radius 3 is 2.88 bits per heavy atom. The molecule has 7 nitrogen and oxygen atoms in total. The molecule has 2 N–H and O–H groups in total. The fourth-order valence-electron chi connectivity index (χ4n) is 2.55. The predicted octanol–water partition coefficient (Wildman–Crippen LogP) is 3.45. The number of carbonyl (C=O) groups is 1. The molecule has 3 rings (SSSR count). The number of carbonyl (C=O) groups excluding carboxylic acids is 1. The highest BCUT2D eigenvalue weighted by atomic mass is 16.5. The van der Waals surface area contributed by atoms with E-state index in [1.807, 2.05) is 37.3 Å². The fraction of sp³-hybridized carbons (Fsp3) is 0.333. The lowest BCUT2D eigenvalue weighted by Crippen LogP contribution is -2.28. The minimum atomic E-state index is -0.310. The van der Waals surface area contributed by atoms with Gasteiger partial charge in [0.2, 0.25) is 0 Å². The summed E-state index contributed by atoms with van der Waals surface area (Å²) in [7, 11) is 0. The minimum Gasteiger partial charge on any atom is -0.361 e. The second-order valence-electron chi connectivity index (χ2n) is 6.41. The van der Waals surface area contributed by atoms with Crippen LogP contribution in [0, 0.1) is 12.8 Å². The number of rotatable bonds is 5. The van der Waals surface area contributed by atoms with Crippen molar-refractivity contribution in [2.24, 2.45) is 5.92 Å². The highest BCUT2D eigenvalue weighted by molar-refractivity contribution is 6.00. The highest BCUT2D eigenvalue weighted by Crippen LogP contribution is 2.21. The molecular formula is C18H21N5O2. The first-order chi connectivity index (χ1) is 12.0. The largest absolute Gasteiger partial charge is 0.361 e. The van der Waals surface area contributed by atoms with Gasteiger partial charge in [0.05, 0.1) is 23.4 Å². The van der Waals surface area contributed by atoms with Crippen molar-refractivity contribution < 1.29 is 9.32 Å². The molecule has 2 aromatic heterocycles. The number of amides is 2. The standard InChI is InChI=1S/C18H21N5O2/c1-11(2)7-14-9-13(23-25-14)10-19-18(24)20-16-5-4-6-17-15(16)8-12(3)21-22-17/h4-6,8-9,11H,7,10H2,1-3H3,(H2,19,20,24). The summed E-state index contributed by atoms with van der Waals surface area (Å²) in [5.41, 5.74) is 2.92. The number of hydrogen-bond donors (Lipinski definition) is 2. The Labute approximate surface area is 145 Å². The molecule has 0 bridgehead atoms. The van der Waals surface area contributed by atoms with Crippen LogP contribution in [-0.2, 0) is 13.0 Å². The Bertz CT molecular complexity index is 888.